The summed E-state index contributed by atoms with van der Waals surface area (Å²) in [6, 6.07) is 13.6. The molecule has 0 bridgehead atoms. The molecule has 1 amide bonds. The molecule has 33 heavy (non-hydrogen) atoms. The molecule has 2 aromatic carbocycles. The molecule has 7 nitrogen and oxygen atoms in total. The number of ether oxygens (including phenoxy) is 3. The molecule has 174 valence electrons. The Balaban J connectivity index is 1.37. The van der Waals surface area contributed by atoms with Crippen LogP contribution in [0.15, 0.2) is 53.6 Å². The van der Waals surface area contributed by atoms with Gasteiger partial charge in [-0.3, -0.25) is 9.69 Å². The zero-order valence-corrected chi connectivity index (χ0v) is 18.7. The number of hydrogen-bond donors (Lipinski definition) is 0. The van der Waals surface area contributed by atoms with E-state index >= 15 is 0 Å². The van der Waals surface area contributed by atoms with Crippen molar-refractivity contribution in [3.8, 4) is 5.75 Å². The fourth-order valence-corrected chi connectivity index (χ4v) is 4.86. The largest absolute Gasteiger partial charge is 0.496 e. The highest BCUT2D eigenvalue weighted by Crippen LogP contribution is 2.36. The maximum absolute atomic E-state index is 14.0. The highest BCUT2D eigenvalue weighted by Gasteiger charge is 2.41. The van der Waals surface area contributed by atoms with Crippen LogP contribution in [0.1, 0.15) is 36.4 Å². The van der Waals surface area contributed by atoms with Crippen molar-refractivity contribution < 1.29 is 23.4 Å². The molecular formula is C25H28FN3O4. The van der Waals surface area contributed by atoms with Crippen LogP contribution < -0.4 is 4.74 Å². The summed E-state index contributed by atoms with van der Waals surface area (Å²) in [7, 11) is 1.61. The van der Waals surface area contributed by atoms with E-state index in [1.807, 2.05) is 30.3 Å². The van der Waals surface area contributed by atoms with Crippen LogP contribution in [-0.2, 0) is 14.3 Å². The number of amides is 1. The lowest BCUT2D eigenvalue weighted by Gasteiger charge is -2.37. The van der Waals surface area contributed by atoms with E-state index in [1.54, 1.807) is 13.2 Å². The first-order chi connectivity index (χ1) is 16.1. The minimum Gasteiger partial charge on any atom is -0.496 e. The standard InChI is InChI=1S/C25H28FN3O4/c1-31-23-8-3-2-7-20(23)21-16-22(18-5-4-6-19(26)15-18)29(27-21)24(30)17-28-11-9-25(10-12-28)32-13-14-33-25/h2-8,15,22H,9-14,16-17H2,1H3. The monoisotopic (exact) mass is 453 g/mol. The summed E-state index contributed by atoms with van der Waals surface area (Å²) in [6.45, 7) is 2.93. The minimum atomic E-state index is -0.480. The molecule has 0 aliphatic carbocycles. The van der Waals surface area contributed by atoms with E-state index in [-0.39, 0.29) is 24.3 Å². The summed E-state index contributed by atoms with van der Waals surface area (Å²) in [4.78, 5) is 15.5. The lowest BCUT2D eigenvalue weighted by molar-refractivity contribution is -0.186. The van der Waals surface area contributed by atoms with Crippen LogP contribution in [-0.4, -0.2) is 67.3 Å². The lowest BCUT2D eigenvalue weighted by Crippen LogP contribution is -2.48. The van der Waals surface area contributed by atoms with Gasteiger partial charge in [0, 0.05) is 37.9 Å². The Hall–Kier alpha value is -2.81. The smallest absolute Gasteiger partial charge is 0.257 e. The van der Waals surface area contributed by atoms with Gasteiger partial charge in [-0.05, 0) is 29.8 Å². The Bertz CT molecular complexity index is 1040. The molecule has 1 spiro atoms. The maximum atomic E-state index is 14.0. The van der Waals surface area contributed by atoms with Crippen LogP contribution in [0.4, 0.5) is 4.39 Å². The van der Waals surface area contributed by atoms with E-state index in [1.165, 1.54) is 17.1 Å². The van der Waals surface area contributed by atoms with Gasteiger partial charge in [-0.2, -0.15) is 5.10 Å². The average molecular weight is 454 g/mol. The second-order valence-corrected chi connectivity index (χ2v) is 8.64. The minimum absolute atomic E-state index is 0.113. The topological polar surface area (TPSA) is 63.6 Å². The molecular weight excluding hydrogens is 425 g/mol. The van der Waals surface area contributed by atoms with Gasteiger partial charge in [0.05, 0.1) is 38.6 Å². The third-order valence-corrected chi connectivity index (χ3v) is 6.61. The second-order valence-electron chi connectivity index (χ2n) is 8.64. The van der Waals surface area contributed by atoms with Crippen molar-refractivity contribution in [2.45, 2.75) is 31.1 Å². The molecule has 3 aliphatic heterocycles. The number of methoxy groups -OCH3 is 1. The first-order valence-corrected chi connectivity index (χ1v) is 11.4. The van der Waals surface area contributed by atoms with E-state index in [0.717, 1.165) is 29.7 Å². The van der Waals surface area contributed by atoms with Crippen LogP contribution in [0.25, 0.3) is 0 Å². The molecule has 0 radical (unpaired) electrons. The van der Waals surface area contributed by atoms with E-state index in [2.05, 4.69) is 4.90 Å². The molecule has 0 saturated carbocycles. The number of likely N-dealkylation sites (tertiary alicyclic amines) is 1. The maximum Gasteiger partial charge on any atom is 0.257 e. The molecule has 2 fully saturated rings. The van der Waals surface area contributed by atoms with Crippen molar-refractivity contribution in [1.82, 2.24) is 9.91 Å². The number of hydrazone groups is 1. The fourth-order valence-electron chi connectivity index (χ4n) is 4.86. The van der Waals surface area contributed by atoms with Crippen LogP contribution in [0.3, 0.4) is 0 Å². The molecule has 8 heteroatoms. The SMILES string of the molecule is COc1ccccc1C1=NN(C(=O)CN2CCC3(CC2)OCCO3)C(c2cccc(F)c2)C1. The van der Waals surface area contributed by atoms with Gasteiger partial charge in [-0.1, -0.05) is 24.3 Å². The van der Waals surface area contributed by atoms with E-state index in [9.17, 15) is 9.18 Å². The Kier molecular flexibility index (Phi) is 6.14. The van der Waals surface area contributed by atoms with Crippen LogP contribution >= 0.6 is 0 Å². The summed E-state index contributed by atoms with van der Waals surface area (Å²) >= 11 is 0. The Labute approximate surface area is 192 Å². The highest BCUT2D eigenvalue weighted by molar-refractivity contribution is 6.05. The van der Waals surface area contributed by atoms with Gasteiger partial charge >= 0.3 is 0 Å². The normalized spacial score (nSPS) is 22.5. The van der Waals surface area contributed by atoms with Crippen LogP contribution in [0.2, 0.25) is 0 Å². The van der Waals surface area contributed by atoms with E-state index < -0.39 is 5.79 Å². The van der Waals surface area contributed by atoms with Crippen molar-refractivity contribution in [1.29, 1.82) is 0 Å². The third-order valence-electron chi connectivity index (χ3n) is 6.61. The molecule has 3 heterocycles. The fraction of sp³-hybridized carbons (Fsp3) is 0.440. The predicted octanol–water partition coefficient (Wildman–Crippen LogP) is 3.35. The van der Waals surface area contributed by atoms with Crippen molar-refractivity contribution in [3.63, 3.8) is 0 Å². The van der Waals surface area contributed by atoms with Gasteiger partial charge in [0.25, 0.3) is 5.91 Å². The van der Waals surface area contributed by atoms with E-state index in [4.69, 9.17) is 19.3 Å². The number of piperidine rings is 1. The molecule has 2 saturated heterocycles. The number of rotatable bonds is 5. The number of carbonyl (C=O) groups is 1. The van der Waals surface area contributed by atoms with Crippen molar-refractivity contribution in [2.75, 3.05) is 40.0 Å². The number of para-hydroxylation sites is 1. The zero-order valence-electron chi connectivity index (χ0n) is 18.7. The lowest BCUT2D eigenvalue weighted by atomic mass is 9.97. The summed E-state index contributed by atoms with van der Waals surface area (Å²) in [5.74, 6) is -0.227. The summed E-state index contributed by atoms with van der Waals surface area (Å²) in [5, 5.41) is 6.23. The Morgan fingerprint density at radius 3 is 2.64 bits per heavy atom. The number of nitrogens with zero attached hydrogens (tertiary/aromatic N) is 3. The summed E-state index contributed by atoms with van der Waals surface area (Å²) in [5.41, 5.74) is 2.31. The second kappa shape index (κ2) is 9.21. The molecule has 1 atom stereocenters. The van der Waals surface area contributed by atoms with Gasteiger partial charge in [0.2, 0.25) is 0 Å². The predicted molar refractivity (Wildman–Crippen MR) is 120 cm³/mol. The molecule has 1 unspecified atom stereocenters. The zero-order chi connectivity index (χ0) is 22.8. The summed E-state index contributed by atoms with van der Waals surface area (Å²) < 4.78 is 31.1. The Morgan fingerprint density at radius 1 is 1.15 bits per heavy atom. The van der Waals surface area contributed by atoms with Gasteiger partial charge < -0.3 is 14.2 Å². The number of carbonyl (C=O) groups excluding carboxylic acids is 1. The van der Waals surface area contributed by atoms with Gasteiger partial charge in [0.1, 0.15) is 11.6 Å². The van der Waals surface area contributed by atoms with Crippen molar-refractivity contribution in [3.05, 3.63) is 65.5 Å². The van der Waals surface area contributed by atoms with Gasteiger partial charge in [-0.25, -0.2) is 9.40 Å². The molecule has 0 N–H and O–H groups in total. The van der Waals surface area contributed by atoms with Gasteiger partial charge in [0.15, 0.2) is 5.79 Å². The highest BCUT2D eigenvalue weighted by atomic mass is 19.1. The molecule has 5 rings (SSSR count). The molecule has 0 aromatic heterocycles. The van der Waals surface area contributed by atoms with Crippen molar-refractivity contribution >= 4 is 11.6 Å². The van der Waals surface area contributed by atoms with Crippen molar-refractivity contribution in [2.24, 2.45) is 5.10 Å². The first-order valence-electron chi connectivity index (χ1n) is 11.4. The average Bonchev–Trinajstić information content (AvgIpc) is 3.48. The summed E-state index contributed by atoms with van der Waals surface area (Å²) in [6.07, 6.45) is 1.97. The number of halogens is 1. The van der Waals surface area contributed by atoms with Crippen LogP contribution in [0.5, 0.6) is 5.75 Å². The number of hydrogen-bond acceptors (Lipinski definition) is 6. The van der Waals surface area contributed by atoms with Gasteiger partial charge in [-0.15, -0.1) is 0 Å². The quantitative estimate of drug-likeness (QED) is 0.695. The Morgan fingerprint density at radius 2 is 1.91 bits per heavy atom. The van der Waals surface area contributed by atoms with Crippen LogP contribution in [0, 0.1) is 5.82 Å². The molecule has 3 aliphatic rings. The van der Waals surface area contributed by atoms with E-state index in [0.29, 0.717) is 38.5 Å². The third kappa shape index (κ3) is 4.51. The molecule has 2 aromatic rings. The first kappa shape index (κ1) is 22.0. The number of benzene rings is 2.